The first-order chi connectivity index (χ1) is 15.5. The molecule has 8 nitrogen and oxygen atoms in total. The number of hydrogen-bond acceptors (Lipinski definition) is 6. The van der Waals surface area contributed by atoms with Crippen molar-refractivity contribution in [1.82, 2.24) is 15.6 Å². The van der Waals surface area contributed by atoms with E-state index in [9.17, 15) is 18.0 Å². The smallest absolute Gasteiger partial charge is 0.309 e. The number of sulfone groups is 1. The third kappa shape index (κ3) is 4.61. The Morgan fingerprint density at radius 3 is 2.59 bits per heavy atom. The lowest BCUT2D eigenvalue weighted by Crippen LogP contribution is -2.42. The summed E-state index contributed by atoms with van der Waals surface area (Å²) in [5.41, 5.74) is 2.03. The van der Waals surface area contributed by atoms with Crippen LogP contribution < -0.4 is 10.6 Å². The van der Waals surface area contributed by atoms with E-state index < -0.39 is 26.9 Å². The molecule has 0 spiro atoms. The monoisotopic (exact) mass is 471 g/mol. The first-order valence-corrected chi connectivity index (χ1v) is 12.3. The summed E-state index contributed by atoms with van der Waals surface area (Å²) < 4.78 is 31.4. The number of nitrogens with one attached hydrogen (secondary N) is 3. The number of benzene rings is 1. The molecule has 2 amide bonds. The van der Waals surface area contributed by atoms with E-state index in [-0.39, 0.29) is 23.1 Å². The van der Waals surface area contributed by atoms with Gasteiger partial charge in [0.25, 0.3) is 0 Å². The van der Waals surface area contributed by atoms with Gasteiger partial charge in [-0.1, -0.05) is 24.3 Å². The first-order valence-electron chi connectivity index (χ1n) is 9.88. The Labute approximate surface area is 188 Å². The SMILES string of the molecule is O=C(NCCc1c[nH]c2ccccc12)C(=O)NCC(c1ccco1)S(=O)(=O)c1cccs1. The summed E-state index contributed by atoms with van der Waals surface area (Å²) in [6.07, 6.45) is 3.79. The lowest BCUT2D eigenvalue weighted by Gasteiger charge is -2.15. The Kier molecular flexibility index (Phi) is 6.42. The molecular weight excluding hydrogens is 450 g/mol. The summed E-state index contributed by atoms with van der Waals surface area (Å²) in [4.78, 5) is 27.7. The number of aromatic amines is 1. The van der Waals surface area contributed by atoms with E-state index in [0.717, 1.165) is 27.8 Å². The lowest BCUT2D eigenvalue weighted by atomic mass is 10.1. The minimum Gasteiger partial charge on any atom is -0.468 e. The van der Waals surface area contributed by atoms with E-state index in [1.807, 2.05) is 30.5 Å². The Morgan fingerprint density at radius 2 is 1.84 bits per heavy atom. The standard InChI is InChI=1S/C22H21N3O5S2/c26-21(23-10-9-15-13-24-17-6-2-1-5-16(15)17)22(27)25-14-19(18-7-3-11-30-18)32(28,29)20-8-4-12-31-20/h1-8,11-13,19,24H,9-10,14H2,(H,23,26)(H,25,27). The molecule has 0 fully saturated rings. The van der Waals surface area contributed by atoms with E-state index in [4.69, 9.17) is 4.42 Å². The largest absolute Gasteiger partial charge is 0.468 e. The molecule has 0 saturated heterocycles. The molecule has 10 heteroatoms. The van der Waals surface area contributed by atoms with Crippen molar-refractivity contribution < 1.29 is 22.4 Å². The van der Waals surface area contributed by atoms with Gasteiger partial charge in [0, 0.05) is 30.2 Å². The maximum absolute atomic E-state index is 13.0. The number of carbonyl (C=O) groups excluding carboxylic acids is 2. The number of hydrogen-bond donors (Lipinski definition) is 3. The van der Waals surface area contributed by atoms with Crippen LogP contribution in [0.4, 0.5) is 0 Å². The van der Waals surface area contributed by atoms with Crippen LogP contribution in [0.5, 0.6) is 0 Å². The van der Waals surface area contributed by atoms with Crippen molar-refractivity contribution in [1.29, 1.82) is 0 Å². The maximum Gasteiger partial charge on any atom is 0.309 e. The van der Waals surface area contributed by atoms with Crippen molar-refractivity contribution in [3.05, 3.63) is 77.7 Å². The molecule has 1 aromatic carbocycles. The average Bonchev–Trinajstić information content (AvgIpc) is 3.55. The number of amides is 2. The molecule has 1 unspecified atom stereocenters. The van der Waals surface area contributed by atoms with Gasteiger partial charge < -0.3 is 20.0 Å². The Balaban J connectivity index is 1.35. The molecule has 3 aromatic heterocycles. The Morgan fingerprint density at radius 1 is 1.03 bits per heavy atom. The molecule has 4 aromatic rings. The van der Waals surface area contributed by atoms with Gasteiger partial charge in [0.15, 0.2) is 9.84 Å². The highest BCUT2D eigenvalue weighted by Gasteiger charge is 2.33. The van der Waals surface area contributed by atoms with Crippen molar-refractivity contribution in [2.75, 3.05) is 13.1 Å². The second-order valence-corrected chi connectivity index (χ2v) is 10.4. The third-order valence-corrected chi connectivity index (χ3v) is 8.51. The van der Waals surface area contributed by atoms with Gasteiger partial charge in [-0.15, -0.1) is 11.3 Å². The van der Waals surface area contributed by atoms with Gasteiger partial charge in [-0.3, -0.25) is 9.59 Å². The molecule has 0 bridgehead atoms. The summed E-state index contributed by atoms with van der Waals surface area (Å²) in [6, 6.07) is 14.1. The number of carbonyl (C=O) groups is 2. The van der Waals surface area contributed by atoms with E-state index >= 15 is 0 Å². The second kappa shape index (κ2) is 9.41. The zero-order valence-electron chi connectivity index (χ0n) is 16.9. The minimum absolute atomic E-state index is 0.163. The van der Waals surface area contributed by atoms with Crippen LogP contribution in [0.1, 0.15) is 16.6 Å². The summed E-state index contributed by atoms with van der Waals surface area (Å²) in [5, 5.41) is 6.58. The van der Waals surface area contributed by atoms with Crippen LogP contribution in [-0.4, -0.2) is 38.3 Å². The molecular formula is C22H21N3O5S2. The van der Waals surface area contributed by atoms with Crippen molar-refractivity contribution in [2.24, 2.45) is 0 Å². The highest BCUT2D eigenvalue weighted by Crippen LogP contribution is 2.31. The molecule has 4 rings (SSSR count). The molecule has 166 valence electrons. The first kappa shape index (κ1) is 21.8. The maximum atomic E-state index is 13.0. The number of furan rings is 1. The van der Waals surface area contributed by atoms with Crippen LogP contribution in [0.15, 0.2) is 75.0 Å². The average molecular weight is 472 g/mol. The second-order valence-electron chi connectivity index (χ2n) is 7.06. The van der Waals surface area contributed by atoms with Gasteiger partial charge in [0.1, 0.15) is 15.2 Å². The lowest BCUT2D eigenvalue weighted by molar-refractivity contribution is -0.139. The molecule has 0 saturated carbocycles. The topological polar surface area (TPSA) is 121 Å². The van der Waals surface area contributed by atoms with Crippen molar-refractivity contribution in [3.63, 3.8) is 0 Å². The number of aromatic nitrogens is 1. The van der Waals surface area contributed by atoms with E-state index in [0.29, 0.717) is 6.42 Å². The summed E-state index contributed by atoms with van der Waals surface area (Å²) in [5.74, 6) is -1.53. The predicted octanol–water partition coefficient (Wildman–Crippen LogP) is 2.81. The van der Waals surface area contributed by atoms with E-state index in [1.165, 1.54) is 18.4 Å². The van der Waals surface area contributed by atoms with Gasteiger partial charge in [0.2, 0.25) is 0 Å². The van der Waals surface area contributed by atoms with Crippen molar-refractivity contribution in [3.8, 4) is 0 Å². The van der Waals surface area contributed by atoms with Crippen LogP contribution in [0.2, 0.25) is 0 Å². The Hall–Kier alpha value is -3.37. The highest BCUT2D eigenvalue weighted by atomic mass is 32.2. The number of thiophene rings is 1. The van der Waals surface area contributed by atoms with E-state index in [1.54, 1.807) is 17.5 Å². The molecule has 1 atom stereocenters. The fraction of sp³-hybridized carbons (Fsp3) is 0.182. The Bertz CT molecular complexity index is 1310. The molecule has 0 aliphatic heterocycles. The van der Waals surface area contributed by atoms with Crippen LogP contribution >= 0.6 is 11.3 Å². The van der Waals surface area contributed by atoms with Crippen molar-refractivity contribution in [2.45, 2.75) is 15.9 Å². The molecule has 3 N–H and O–H groups in total. The van der Waals surface area contributed by atoms with Crippen LogP contribution in [0, 0.1) is 0 Å². The molecule has 0 aliphatic carbocycles. The molecule has 32 heavy (non-hydrogen) atoms. The van der Waals surface area contributed by atoms with Gasteiger partial charge in [-0.2, -0.15) is 0 Å². The number of rotatable bonds is 8. The number of H-pyrrole nitrogens is 1. The van der Waals surface area contributed by atoms with Gasteiger partial charge >= 0.3 is 11.8 Å². The highest BCUT2D eigenvalue weighted by molar-refractivity contribution is 7.93. The van der Waals surface area contributed by atoms with Crippen molar-refractivity contribution >= 4 is 43.9 Å². The molecule has 0 aliphatic rings. The van der Waals surface area contributed by atoms with Crippen LogP contribution in [0.25, 0.3) is 10.9 Å². The normalized spacial score (nSPS) is 12.5. The van der Waals surface area contributed by atoms with Crippen LogP contribution in [-0.2, 0) is 25.8 Å². The fourth-order valence-corrected chi connectivity index (χ4v) is 6.19. The zero-order chi connectivity index (χ0) is 22.6. The number of fused-ring (bicyclic) bond motifs is 1. The van der Waals surface area contributed by atoms with Gasteiger partial charge in [-0.05, 0) is 41.6 Å². The summed E-state index contributed by atoms with van der Waals surface area (Å²) >= 11 is 1.08. The molecule has 0 radical (unpaired) electrons. The van der Waals surface area contributed by atoms with Crippen LogP contribution in [0.3, 0.4) is 0 Å². The fourth-order valence-electron chi connectivity index (χ4n) is 3.40. The van der Waals surface area contributed by atoms with E-state index in [2.05, 4.69) is 15.6 Å². The predicted molar refractivity (Wildman–Crippen MR) is 121 cm³/mol. The third-order valence-electron chi connectivity index (χ3n) is 5.02. The quantitative estimate of drug-likeness (QED) is 0.341. The zero-order valence-corrected chi connectivity index (χ0v) is 18.5. The minimum atomic E-state index is -3.79. The van der Waals surface area contributed by atoms with Gasteiger partial charge in [0.05, 0.1) is 6.26 Å². The summed E-state index contributed by atoms with van der Waals surface area (Å²) in [6.45, 7) is -0.0222. The number of para-hydroxylation sites is 1. The van der Waals surface area contributed by atoms with Gasteiger partial charge in [-0.25, -0.2) is 8.42 Å². The summed E-state index contributed by atoms with van der Waals surface area (Å²) in [7, 11) is -3.79. The molecule has 3 heterocycles.